The second-order valence-electron chi connectivity index (χ2n) is 10.3. The Labute approximate surface area is 235 Å². The van der Waals surface area contributed by atoms with Crippen LogP contribution < -0.4 is 5.32 Å². The number of fused-ring (bicyclic) bond motifs is 2. The Balaban J connectivity index is 0.00000441. The zero-order valence-electron chi connectivity index (χ0n) is 22.0. The lowest BCUT2D eigenvalue weighted by Crippen LogP contribution is -2.65. The fourth-order valence-electron chi connectivity index (χ4n) is 6.01. The van der Waals surface area contributed by atoms with Crippen molar-refractivity contribution in [2.75, 3.05) is 33.5 Å². The van der Waals surface area contributed by atoms with E-state index in [4.69, 9.17) is 19.3 Å². The Kier molecular flexibility index (Phi) is 10.6. The summed E-state index contributed by atoms with van der Waals surface area (Å²) >= 11 is 0. The van der Waals surface area contributed by atoms with E-state index in [1.54, 1.807) is 0 Å². The predicted octanol–water partition coefficient (Wildman–Crippen LogP) is 6.11. The van der Waals surface area contributed by atoms with Gasteiger partial charge >= 0.3 is 12.4 Å². The van der Waals surface area contributed by atoms with Crippen LogP contribution in [0, 0.1) is 5.92 Å². The molecule has 224 valence electrons. The zero-order chi connectivity index (χ0) is 28.3. The number of hydrogen-bond acceptors (Lipinski definition) is 5. The number of halogens is 7. The maximum Gasteiger partial charge on any atom is 0.416 e. The standard InChI is InChI=1S/C28H33F6NO4.ClH/c1-37-18-25(39-16-19-12-22(27(29,30)31)14-23(13-19)28(32,33)34)9-8-24-20(17-38-11-5-10-36)15-26(25,35-24)21-6-3-2-4-7-21;/h2-4,6-7,12-14,20,24,35-36H,5,8-11,15-18H2,1H3;1H/t20-,24-,25-,26+;/m0./s1. The Morgan fingerprint density at radius 3 is 2.23 bits per heavy atom. The second-order valence-corrected chi connectivity index (χ2v) is 10.3. The van der Waals surface area contributed by atoms with Crippen LogP contribution >= 0.6 is 12.4 Å². The largest absolute Gasteiger partial charge is 0.416 e. The molecule has 0 aliphatic carbocycles. The maximum absolute atomic E-state index is 13.5. The molecule has 2 heterocycles. The van der Waals surface area contributed by atoms with Gasteiger partial charge in [-0.1, -0.05) is 30.3 Å². The van der Waals surface area contributed by atoms with Crippen molar-refractivity contribution in [2.24, 2.45) is 5.92 Å². The summed E-state index contributed by atoms with van der Waals surface area (Å²) in [6.45, 7) is 0.489. The van der Waals surface area contributed by atoms with Crippen LogP contribution in [0.1, 0.15) is 47.9 Å². The molecule has 0 saturated carbocycles. The number of nitrogens with one attached hydrogen (secondary N) is 1. The molecule has 5 nitrogen and oxygen atoms in total. The fourth-order valence-corrected chi connectivity index (χ4v) is 6.01. The van der Waals surface area contributed by atoms with Crippen LogP contribution in [0.3, 0.4) is 0 Å². The van der Waals surface area contributed by atoms with Gasteiger partial charge in [-0.05, 0) is 60.9 Å². The topological polar surface area (TPSA) is 60.0 Å². The van der Waals surface area contributed by atoms with E-state index >= 15 is 0 Å². The van der Waals surface area contributed by atoms with E-state index in [9.17, 15) is 26.3 Å². The Morgan fingerprint density at radius 2 is 1.65 bits per heavy atom. The second kappa shape index (κ2) is 13.0. The highest BCUT2D eigenvalue weighted by Gasteiger charge is 2.62. The molecule has 2 saturated heterocycles. The minimum absolute atomic E-state index is 0. The summed E-state index contributed by atoms with van der Waals surface area (Å²) in [7, 11) is 1.49. The minimum Gasteiger partial charge on any atom is -0.396 e. The molecule has 2 aromatic carbocycles. The van der Waals surface area contributed by atoms with Gasteiger partial charge in [-0.15, -0.1) is 12.4 Å². The Bertz CT molecular complexity index is 1070. The molecule has 0 spiro atoms. The Hall–Kier alpha value is -1.89. The van der Waals surface area contributed by atoms with Gasteiger partial charge in [-0.3, -0.25) is 0 Å². The first-order valence-electron chi connectivity index (χ1n) is 12.9. The lowest BCUT2D eigenvalue weighted by molar-refractivity contribution is -0.167. The molecule has 0 amide bonds. The van der Waals surface area contributed by atoms with Crippen molar-refractivity contribution in [2.45, 2.75) is 61.8 Å². The summed E-state index contributed by atoms with van der Waals surface area (Å²) in [5, 5.41) is 12.8. The summed E-state index contributed by atoms with van der Waals surface area (Å²) in [6.07, 6.45) is -7.67. The van der Waals surface area contributed by atoms with Crippen LogP contribution in [-0.4, -0.2) is 50.3 Å². The first-order valence-corrected chi connectivity index (χ1v) is 12.9. The van der Waals surface area contributed by atoms with Crippen molar-refractivity contribution in [3.05, 3.63) is 70.8 Å². The Morgan fingerprint density at radius 1 is 1.00 bits per heavy atom. The third kappa shape index (κ3) is 6.77. The molecule has 2 N–H and O–H groups in total. The molecule has 2 aromatic rings. The van der Waals surface area contributed by atoms with Gasteiger partial charge in [0.05, 0.1) is 36.5 Å². The average molecular weight is 598 g/mol. The van der Waals surface area contributed by atoms with Crippen molar-refractivity contribution in [3.63, 3.8) is 0 Å². The van der Waals surface area contributed by atoms with Gasteiger partial charge in [0.2, 0.25) is 0 Å². The molecule has 2 bridgehead atoms. The summed E-state index contributed by atoms with van der Waals surface area (Å²) in [6, 6.07) is 11.1. The zero-order valence-corrected chi connectivity index (χ0v) is 22.8. The van der Waals surface area contributed by atoms with Crippen molar-refractivity contribution < 1.29 is 45.7 Å². The number of aliphatic hydroxyl groups excluding tert-OH is 1. The van der Waals surface area contributed by atoms with Crippen LogP contribution in [0.4, 0.5) is 26.3 Å². The molecule has 0 aromatic heterocycles. The van der Waals surface area contributed by atoms with Crippen LogP contribution in [-0.2, 0) is 38.7 Å². The number of rotatable bonds is 11. The fraction of sp³-hybridized carbons (Fsp3) is 0.571. The van der Waals surface area contributed by atoms with Crippen LogP contribution in [0.15, 0.2) is 48.5 Å². The van der Waals surface area contributed by atoms with Gasteiger partial charge < -0.3 is 24.6 Å². The SMILES string of the molecule is COC[C@@]1(OCc2cc(C(F)(F)F)cc(C(F)(F)F)c2)CC[C@@H]2N[C@@]1(c1ccccc1)C[C@H]2COCCCO.Cl. The van der Waals surface area contributed by atoms with Crippen LogP contribution in [0.25, 0.3) is 0 Å². The molecule has 4 rings (SSSR count). The van der Waals surface area contributed by atoms with E-state index in [1.165, 1.54) is 7.11 Å². The molecule has 12 heteroatoms. The summed E-state index contributed by atoms with van der Waals surface area (Å²) in [5.74, 6) is 0.0802. The third-order valence-corrected chi connectivity index (χ3v) is 7.79. The molecule has 40 heavy (non-hydrogen) atoms. The van der Waals surface area contributed by atoms with Crippen molar-refractivity contribution in [3.8, 4) is 0 Å². The number of benzene rings is 2. The van der Waals surface area contributed by atoms with Gasteiger partial charge in [0.25, 0.3) is 0 Å². The predicted molar refractivity (Wildman–Crippen MR) is 138 cm³/mol. The maximum atomic E-state index is 13.5. The van der Waals surface area contributed by atoms with Gasteiger partial charge in [0.15, 0.2) is 0 Å². The number of alkyl halides is 6. The molecule has 2 aliphatic heterocycles. The third-order valence-electron chi connectivity index (χ3n) is 7.79. The lowest BCUT2D eigenvalue weighted by atomic mass is 9.70. The van der Waals surface area contributed by atoms with Gasteiger partial charge in [0, 0.05) is 26.4 Å². The van der Waals surface area contributed by atoms with E-state index < -0.39 is 41.2 Å². The summed E-state index contributed by atoms with van der Waals surface area (Å²) < 4.78 is 98.6. The van der Waals surface area contributed by atoms with E-state index in [0.717, 1.165) is 5.56 Å². The smallest absolute Gasteiger partial charge is 0.396 e. The molecule has 0 radical (unpaired) electrons. The molecule has 4 atom stereocenters. The highest BCUT2D eigenvalue weighted by atomic mass is 35.5. The number of piperidine rings is 1. The number of methoxy groups -OCH3 is 1. The van der Waals surface area contributed by atoms with Crippen molar-refractivity contribution >= 4 is 12.4 Å². The number of ether oxygens (including phenoxy) is 3. The van der Waals surface area contributed by atoms with E-state index in [2.05, 4.69) is 5.32 Å². The highest BCUT2D eigenvalue weighted by molar-refractivity contribution is 5.85. The van der Waals surface area contributed by atoms with Gasteiger partial charge in [-0.2, -0.15) is 26.3 Å². The first kappa shape index (κ1) is 32.6. The first-order chi connectivity index (χ1) is 18.4. The van der Waals surface area contributed by atoms with Crippen LogP contribution in [0.2, 0.25) is 0 Å². The molecular formula is C28H34ClF6NO4. The summed E-state index contributed by atoms with van der Waals surface area (Å²) in [5.41, 5.74) is -3.97. The molecule has 2 aliphatic rings. The van der Waals surface area contributed by atoms with Gasteiger partial charge in [0.1, 0.15) is 5.60 Å². The van der Waals surface area contributed by atoms with E-state index in [-0.39, 0.29) is 49.2 Å². The minimum atomic E-state index is -4.94. The normalized spacial score (nSPS) is 26.5. The van der Waals surface area contributed by atoms with Crippen molar-refractivity contribution in [1.29, 1.82) is 0 Å². The molecular weight excluding hydrogens is 564 g/mol. The van der Waals surface area contributed by atoms with Gasteiger partial charge in [-0.25, -0.2) is 0 Å². The van der Waals surface area contributed by atoms with Crippen molar-refractivity contribution in [1.82, 2.24) is 5.32 Å². The lowest BCUT2D eigenvalue weighted by Gasteiger charge is -2.52. The number of aliphatic hydroxyl groups is 1. The molecule has 2 fully saturated rings. The average Bonchev–Trinajstić information content (AvgIpc) is 3.22. The summed E-state index contributed by atoms with van der Waals surface area (Å²) in [4.78, 5) is 0. The van der Waals surface area contributed by atoms with E-state index in [0.29, 0.717) is 51.0 Å². The van der Waals surface area contributed by atoms with E-state index in [1.807, 2.05) is 30.3 Å². The van der Waals surface area contributed by atoms with Crippen LogP contribution in [0.5, 0.6) is 0 Å². The monoisotopic (exact) mass is 597 g/mol. The molecule has 0 unspecified atom stereocenters. The quantitative estimate of drug-likeness (QED) is 0.242. The number of hydrogen-bond donors (Lipinski definition) is 2. The highest BCUT2D eigenvalue weighted by Crippen LogP contribution is 2.53.